The summed E-state index contributed by atoms with van der Waals surface area (Å²) in [5.74, 6) is 0. The van der Waals surface area contributed by atoms with Crippen molar-refractivity contribution in [3.05, 3.63) is 96.1 Å². The highest BCUT2D eigenvalue weighted by Crippen LogP contribution is 2.48. The van der Waals surface area contributed by atoms with Gasteiger partial charge in [0, 0.05) is 33.0 Å². The minimum absolute atomic E-state index is 0.488. The van der Waals surface area contributed by atoms with Crippen LogP contribution < -0.4 is 0 Å². The van der Waals surface area contributed by atoms with Gasteiger partial charge < -0.3 is 0 Å². The normalized spacial score (nSPS) is 11.1. The van der Waals surface area contributed by atoms with Crippen LogP contribution in [0.2, 0.25) is 0 Å². The van der Waals surface area contributed by atoms with Crippen molar-refractivity contribution in [3.63, 3.8) is 0 Å². The van der Waals surface area contributed by atoms with Crippen molar-refractivity contribution in [1.82, 2.24) is 9.97 Å². The average Bonchev–Trinajstić information content (AvgIpc) is 3.18. The molecule has 146 valence electrons. The average molecular weight is 406 g/mol. The highest BCUT2D eigenvalue weighted by molar-refractivity contribution is 6.16. The molecule has 1 aliphatic carbocycles. The van der Waals surface area contributed by atoms with Crippen molar-refractivity contribution in [2.75, 3.05) is 0 Å². The Hall–Kier alpha value is -4.80. The fraction of sp³-hybridized carbons (Fsp3) is 0. The standard InChI is InChI=1S/C28H14N4/c29-15-19-11-13-21-24-22(14-12-20(16-30)23(19)24)28-27(21)31-25(17-7-3-1-4-8-17)26(32-28)18-9-5-2-6-10-18/h1-14H. The van der Waals surface area contributed by atoms with Gasteiger partial charge in [-0.15, -0.1) is 0 Å². The van der Waals surface area contributed by atoms with E-state index in [-0.39, 0.29) is 0 Å². The van der Waals surface area contributed by atoms with E-state index in [1.807, 2.05) is 72.8 Å². The molecule has 1 heterocycles. The minimum atomic E-state index is 0.488. The van der Waals surface area contributed by atoms with Crippen LogP contribution in [0.1, 0.15) is 11.1 Å². The maximum Gasteiger partial charge on any atom is 0.0998 e. The van der Waals surface area contributed by atoms with Gasteiger partial charge in [0.05, 0.1) is 46.0 Å². The minimum Gasteiger partial charge on any atom is -0.243 e. The van der Waals surface area contributed by atoms with Gasteiger partial charge in [-0.05, 0) is 12.1 Å². The molecule has 1 aromatic heterocycles. The lowest BCUT2D eigenvalue weighted by Crippen LogP contribution is -1.97. The molecule has 0 fully saturated rings. The Morgan fingerprint density at radius 3 is 1.31 bits per heavy atom. The van der Waals surface area contributed by atoms with E-state index in [0.717, 1.165) is 50.4 Å². The van der Waals surface area contributed by atoms with Gasteiger partial charge >= 0.3 is 0 Å². The Morgan fingerprint density at radius 2 is 0.906 bits per heavy atom. The zero-order valence-electron chi connectivity index (χ0n) is 16.9. The van der Waals surface area contributed by atoms with E-state index in [9.17, 15) is 10.5 Å². The number of nitriles is 2. The smallest absolute Gasteiger partial charge is 0.0998 e. The van der Waals surface area contributed by atoms with Gasteiger partial charge in [-0.2, -0.15) is 10.5 Å². The first-order valence-electron chi connectivity index (χ1n) is 10.2. The number of fused-ring (bicyclic) bond motifs is 3. The first-order chi connectivity index (χ1) is 15.8. The number of benzene rings is 4. The second kappa shape index (κ2) is 6.87. The predicted molar refractivity (Wildman–Crippen MR) is 124 cm³/mol. The first-order valence-corrected chi connectivity index (χ1v) is 10.2. The fourth-order valence-electron chi connectivity index (χ4n) is 4.48. The van der Waals surface area contributed by atoms with Crippen LogP contribution in [0.4, 0.5) is 0 Å². The molecule has 1 aliphatic rings. The third-order valence-corrected chi connectivity index (χ3v) is 5.90. The zero-order chi connectivity index (χ0) is 21.7. The first kappa shape index (κ1) is 18.0. The Bertz CT molecular complexity index is 1500. The van der Waals surface area contributed by atoms with Crippen LogP contribution in [0.15, 0.2) is 84.9 Å². The second-order valence-corrected chi connectivity index (χ2v) is 7.65. The topological polar surface area (TPSA) is 73.4 Å². The molecule has 0 saturated heterocycles. The third kappa shape index (κ3) is 2.48. The predicted octanol–water partition coefficient (Wildman–Crippen LogP) is 6.35. The summed E-state index contributed by atoms with van der Waals surface area (Å²) in [6, 6.07) is 31.9. The fourth-order valence-corrected chi connectivity index (χ4v) is 4.48. The van der Waals surface area contributed by atoms with Crippen LogP contribution in [-0.4, -0.2) is 9.97 Å². The van der Waals surface area contributed by atoms with Crippen molar-refractivity contribution in [2.24, 2.45) is 0 Å². The van der Waals surface area contributed by atoms with Crippen molar-refractivity contribution >= 4 is 10.8 Å². The highest BCUT2D eigenvalue weighted by Gasteiger charge is 2.29. The summed E-state index contributed by atoms with van der Waals surface area (Å²) >= 11 is 0. The van der Waals surface area contributed by atoms with E-state index in [0.29, 0.717) is 16.5 Å². The number of nitrogens with zero attached hydrogens (tertiary/aromatic N) is 4. The van der Waals surface area contributed by atoms with E-state index in [2.05, 4.69) is 12.1 Å². The summed E-state index contributed by atoms with van der Waals surface area (Å²) in [6.07, 6.45) is 0. The molecule has 0 atom stereocenters. The number of aromatic nitrogens is 2. The van der Waals surface area contributed by atoms with Crippen molar-refractivity contribution in [3.8, 4) is 57.2 Å². The van der Waals surface area contributed by atoms with Crippen LogP contribution in [-0.2, 0) is 0 Å². The SMILES string of the molecule is N#Cc1ccc2c3c(ccc(C#N)c13)-c1nc(-c3ccccc3)c(-c3ccccc3)nc1-2. The van der Waals surface area contributed by atoms with E-state index in [1.54, 1.807) is 12.1 Å². The zero-order valence-corrected chi connectivity index (χ0v) is 16.9. The lowest BCUT2D eigenvalue weighted by Gasteiger charge is -2.12. The molecule has 0 bridgehead atoms. The van der Waals surface area contributed by atoms with E-state index >= 15 is 0 Å². The summed E-state index contributed by atoms with van der Waals surface area (Å²) in [5, 5.41) is 20.9. The van der Waals surface area contributed by atoms with E-state index in [4.69, 9.17) is 9.97 Å². The summed E-state index contributed by atoms with van der Waals surface area (Å²) in [7, 11) is 0. The molecule has 32 heavy (non-hydrogen) atoms. The summed E-state index contributed by atoms with van der Waals surface area (Å²) < 4.78 is 0. The number of hydrogen-bond donors (Lipinski definition) is 0. The monoisotopic (exact) mass is 406 g/mol. The number of rotatable bonds is 2. The van der Waals surface area contributed by atoms with Crippen LogP contribution in [0, 0.1) is 22.7 Å². The lowest BCUT2D eigenvalue weighted by atomic mass is 9.96. The van der Waals surface area contributed by atoms with Gasteiger partial charge in [0.1, 0.15) is 0 Å². The van der Waals surface area contributed by atoms with Crippen LogP contribution in [0.5, 0.6) is 0 Å². The van der Waals surface area contributed by atoms with Gasteiger partial charge in [0.2, 0.25) is 0 Å². The van der Waals surface area contributed by atoms with Gasteiger partial charge in [0.15, 0.2) is 0 Å². The maximum absolute atomic E-state index is 9.67. The molecule has 0 aliphatic heterocycles. The molecule has 0 amide bonds. The Kier molecular flexibility index (Phi) is 3.87. The third-order valence-electron chi connectivity index (χ3n) is 5.90. The molecule has 6 rings (SSSR count). The van der Waals surface area contributed by atoms with E-state index in [1.165, 1.54) is 0 Å². The lowest BCUT2D eigenvalue weighted by molar-refractivity contribution is 1.23. The quantitative estimate of drug-likeness (QED) is 0.336. The molecular weight excluding hydrogens is 392 g/mol. The van der Waals surface area contributed by atoms with Crippen LogP contribution >= 0.6 is 0 Å². The molecule has 5 aromatic rings. The molecule has 0 radical (unpaired) electrons. The number of hydrogen-bond acceptors (Lipinski definition) is 4. The van der Waals surface area contributed by atoms with Crippen molar-refractivity contribution < 1.29 is 0 Å². The molecule has 4 heteroatoms. The largest absolute Gasteiger partial charge is 0.243 e. The highest BCUT2D eigenvalue weighted by atomic mass is 14.9. The van der Waals surface area contributed by atoms with Gasteiger partial charge in [-0.25, -0.2) is 9.97 Å². The molecule has 4 aromatic carbocycles. The molecular formula is C28H14N4. The Balaban J connectivity index is 1.73. The summed E-state index contributed by atoms with van der Waals surface area (Å²) in [4.78, 5) is 10.2. The Morgan fingerprint density at radius 1 is 0.469 bits per heavy atom. The summed E-state index contributed by atoms with van der Waals surface area (Å²) in [5.41, 5.74) is 7.94. The van der Waals surface area contributed by atoms with Crippen molar-refractivity contribution in [2.45, 2.75) is 0 Å². The second-order valence-electron chi connectivity index (χ2n) is 7.65. The Labute approximate surface area is 184 Å². The van der Waals surface area contributed by atoms with Crippen LogP contribution in [0.3, 0.4) is 0 Å². The van der Waals surface area contributed by atoms with Crippen LogP contribution in [0.25, 0.3) is 55.8 Å². The van der Waals surface area contributed by atoms with Gasteiger partial charge in [0.25, 0.3) is 0 Å². The molecule has 4 nitrogen and oxygen atoms in total. The molecule has 0 N–H and O–H groups in total. The van der Waals surface area contributed by atoms with Gasteiger partial charge in [-0.3, -0.25) is 0 Å². The molecule has 0 unspecified atom stereocenters. The molecule has 0 saturated carbocycles. The van der Waals surface area contributed by atoms with Crippen molar-refractivity contribution in [1.29, 1.82) is 10.5 Å². The maximum atomic E-state index is 9.67. The molecule has 0 spiro atoms. The summed E-state index contributed by atoms with van der Waals surface area (Å²) in [6.45, 7) is 0. The van der Waals surface area contributed by atoms with Gasteiger partial charge in [-0.1, -0.05) is 72.8 Å². The van der Waals surface area contributed by atoms with E-state index < -0.39 is 0 Å².